The summed E-state index contributed by atoms with van der Waals surface area (Å²) in [5.74, 6) is 0.0620. The quantitative estimate of drug-likeness (QED) is 0.288. The molecule has 1 saturated carbocycles. The van der Waals surface area contributed by atoms with Crippen molar-refractivity contribution in [2.45, 2.75) is 25.4 Å². The van der Waals surface area contributed by atoms with Crippen LogP contribution in [0.4, 0.5) is 5.69 Å². The van der Waals surface area contributed by atoms with Crippen LogP contribution in [0.5, 0.6) is 11.5 Å². The van der Waals surface area contributed by atoms with Crippen LogP contribution in [-0.4, -0.2) is 49.2 Å². The van der Waals surface area contributed by atoms with Gasteiger partial charge in [-0.05, 0) is 30.5 Å². The fourth-order valence-electron chi connectivity index (χ4n) is 3.12. The first-order valence-corrected chi connectivity index (χ1v) is 10.3. The molecule has 0 bridgehead atoms. The van der Waals surface area contributed by atoms with Gasteiger partial charge in [0.2, 0.25) is 0 Å². The van der Waals surface area contributed by atoms with Gasteiger partial charge >= 0.3 is 0 Å². The number of carbonyl (C=O) groups is 1. The number of nitro groups is 1. The molecule has 0 unspecified atom stereocenters. The summed E-state index contributed by atoms with van der Waals surface area (Å²) in [5, 5.41) is 11.7. The molecule has 0 atom stereocenters. The van der Waals surface area contributed by atoms with Gasteiger partial charge in [-0.25, -0.2) is 0 Å². The Morgan fingerprint density at radius 3 is 2.57 bits per heavy atom. The molecule has 2 aromatic carbocycles. The van der Waals surface area contributed by atoms with Gasteiger partial charge in [0.1, 0.15) is 12.2 Å². The lowest BCUT2D eigenvalue weighted by molar-refractivity contribution is -0.385. The number of halogens is 1. The van der Waals surface area contributed by atoms with E-state index < -0.39 is 10.8 Å². The van der Waals surface area contributed by atoms with Crippen LogP contribution >= 0.6 is 15.9 Å². The summed E-state index contributed by atoms with van der Waals surface area (Å²) >= 11 is 3.44. The van der Waals surface area contributed by atoms with Gasteiger partial charge in [0.05, 0.1) is 24.7 Å². The number of methoxy groups -OCH3 is 2. The molecule has 0 N–H and O–H groups in total. The number of hydrogen-bond acceptors (Lipinski definition) is 6. The molecule has 0 aromatic heterocycles. The monoisotopic (exact) mass is 478 g/mol. The summed E-state index contributed by atoms with van der Waals surface area (Å²) in [6.45, 7) is 0.891. The molecule has 2 aromatic rings. The van der Waals surface area contributed by atoms with Crippen molar-refractivity contribution in [2.24, 2.45) is 0 Å². The largest absolute Gasteiger partial charge is 0.493 e. The Hall–Kier alpha value is -2.65. The molecular weight excluding hydrogens is 456 g/mol. The van der Waals surface area contributed by atoms with Crippen molar-refractivity contribution in [3.63, 3.8) is 0 Å². The lowest BCUT2D eigenvalue weighted by atomic mass is 10.1. The van der Waals surface area contributed by atoms with Crippen LogP contribution in [0.2, 0.25) is 0 Å². The third kappa shape index (κ3) is 5.28. The highest BCUT2D eigenvalue weighted by Crippen LogP contribution is 2.37. The zero-order chi connectivity index (χ0) is 21.7. The number of amides is 1. The minimum atomic E-state index is -0.569. The normalized spacial score (nSPS) is 13.0. The number of ether oxygens (including phenoxy) is 3. The molecule has 0 heterocycles. The first-order chi connectivity index (χ1) is 14.4. The molecule has 0 radical (unpaired) electrons. The second kappa shape index (κ2) is 9.90. The zero-order valence-corrected chi connectivity index (χ0v) is 18.4. The van der Waals surface area contributed by atoms with E-state index in [0.717, 1.165) is 22.9 Å². The third-order valence-corrected chi connectivity index (χ3v) is 5.24. The topological polar surface area (TPSA) is 91.1 Å². The molecule has 1 aliphatic rings. The second-order valence-corrected chi connectivity index (χ2v) is 7.83. The molecule has 0 aliphatic heterocycles. The maximum Gasteiger partial charge on any atom is 0.286 e. The fraction of sp³-hybridized carbons (Fsp3) is 0.381. The van der Waals surface area contributed by atoms with Crippen molar-refractivity contribution >= 4 is 27.5 Å². The van der Waals surface area contributed by atoms with Crippen LogP contribution < -0.4 is 9.47 Å². The van der Waals surface area contributed by atoms with E-state index in [9.17, 15) is 14.9 Å². The highest BCUT2D eigenvalue weighted by molar-refractivity contribution is 9.10. The molecule has 30 heavy (non-hydrogen) atoms. The van der Waals surface area contributed by atoms with E-state index in [0.29, 0.717) is 13.2 Å². The van der Waals surface area contributed by atoms with E-state index in [1.165, 1.54) is 26.4 Å². The maximum absolute atomic E-state index is 13.4. The predicted molar refractivity (Wildman–Crippen MR) is 114 cm³/mol. The first kappa shape index (κ1) is 22.0. The highest BCUT2D eigenvalue weighted by Gasteiger charge is 2.36. The first-order valence-electron chi connectivity index (χ1n) is 9.48. The standard InChI is InChI=1S/C21H23BrN2O6/c1-28-8-9-30-20-12-18(24(26)27)17(11-19(20)29-2)21(25)23(16-6-7-16)13-14-4-3-5-15(22)10-14/h3-5,10-12,16H,6-9,13H2,1-2H3. The Morgan fingerprint density at radius 1 is 1.20 bits per heavy atom. The molecule has 1 aliphatic carbocycles. The van der Waals surface area contributed by atoms with E-state index >= 15 is 0 Å². The lowest BCUT2D eigenvalue weighted by Gasteiger charge is -2.23. The van der Waals surface area contributed by atoms with Crippen LogP contribution in [-0.2, 0) is 11.3 Å². The van der Waals surface area contributed by atoms with Crippen molar-refractivity contribution in [3.8, 4) is 11.5 Å². The summed E-state index contributed by atoms with van der Waals surface area (Å²) in [4.78, 5) is 26.2. The van der Waals surface area contributed by atoms with Gasteiger partial charge in [-0.3, -0.25) is 14.9 Å². The number of carbonyl (C=O) groups excluding carboxylic acids is 1. The summed E-state index contributed by atoms with van der Waals surface area (Å²) in [6, 6.07) is 10.4. The smallest absolute Gasteiger partial charge is 0.286 e. The minimum absolute atomic E-state index is 0.0159. The summed E-state index contributed by atoms with van der Waals surface area (Å²) in [6.07, 6.45) is 1.76. The number of hydrogen-bond donors (Lipinski definition) is 0. The number of nitro benzene ring substituents is 1. The minimum Gasteiger partial charge on any atom is -0.493 e. The van der Waals surface area contributed by atoms with Crippen molar-refractivity contribution in [3.05, 3.63) is 62.1 Å². The molecule has 160 valence electrons. The second-order valence-electron chi connectivity index (χ2n) is 6.91. The highest BCUT2D eigenvalue weighted by atomic mass is 79.9. The number of benzene rings is 2. The van der Waals surface area contributed by atoms with Gasteiger partial charge in [-0.2, -0.15) is 0 Å². The Bertz CT molecular complexity index is 932. The van der Waals surface area contributed by atoms with Gasteiger partial charge < -0.3 is 19.1 Å². The number of rotatable bonds is 10. The van der Waals surface area contributed by atoms with Crippen LogP contribution in [0.25, 0.3) is 0 Å². The lowest BCUT2D eigenvalue weighted by Crippen LogP contribution is -2.33. The van der Waals surface area contributed by atoms with E-state index in [4.69, 9.17) is 14.2 Å². The Labute approximate surface area is 183 Å². The Balaban J connectivity index is 1.94. The van der Waals surface area contributed by atoms with Crippen LogP contribution in [0, 0.1) is 10.1 Å². The van der Waals surface area contributed by atoms with Crippen molar-refractivity contribution in [2.75, 3.05) is 27.4 Å². The average Bonchev–Trinajstić information content (AvgIpc) is 3.56. The van der Waals surface area contributed by atoms with Crippen LogP contribution in [0.3, 0.4) is 0 Å². The molecule has 1 fully saturated rings. The van der Waals surface area contributed by atoms with Crippen LogP contribution in [0.1, 0.15) is 28.8 Å². The van der Waals surface area contributed by atoms with Gasteiger partial charge in [-0.1, -0.05) is 28.1 Å². The van der Waals surface area contributed by atoms with Crippen molar-refractivity contribution in [1.82, 2.24) is 4.90 Å². The molecule has 0 spiro atoms. The van der Waals surface area contributed by atoms with Gasteiger partial charge in [-0.15, -0.1) is 0 Å². The molecule has 3 rings (SSSR count). The zero-order valence-electron chi connectivity index (χ0n) is 16.8. The summed E-state index contributed by atoms with van der Waals surface area (Å²) in [5.41, 5.74) is 0.615. The van der Waals surface area contributed by atoms with Gasteiger partial charge in [0, 0.05) is 30.2 Å². The summed E-state index contributed by atoms with van der Waals surface area (Å²) in [7, 11) is 2.96. The van der Waals surface area contributed by atoms with Gasteiger partial charge in [0.25, 0.3) is 11.6 Å². The van der Waals surface area contributed by atoms with E-state index in [2.05, 4.69) is 15.9 Å². The van der Waals surface area contributed by atoms with Crippen molar-refractivity contribution in [1.29, 1.82) is 0 Å². The third-order valence-electron chi connectivity index (χ3n) is 4.74. The summed E-state index contributed by atoms with van der Waals surface area (Å²) < 4.78 is 16.7. The molecule has 1 amide bonds. The number of nitrogens with zero attached hydrogens (tertiary/aromatic N) is 2. The van der Waals surface area contributed by atoms with Crippen molar-refractivity contribution < 1.29 is 23.9 Å². The predicted octanol–water partition coefficient (Wildman–Crippen LogP) is 4.20. The van der Waals surface area contributed by atoms with Crippen LogP contribution in [0.15, 0.2) is 40.9 Å². The molecular formula is C21H23BrN2O6. The maximum atomic E-state index is 13.4. The SMILES string of the molecule is COCCOc1cc([N+](=O)[O-])c(C(=O)N(Cc2cccc(Br)c2)C2CC2)cc1OC. The van der Waals surface area contributed by atoms with E-state index in [1.807, 2.05) is 24.3 Å². The average molecular weight is 479 g/mol. The molecule has 0 saturated heterocycles. The Kier molecular flexibility index (Phi) is 7.28. The molecule has 8 nitrogen and oxygen atoms in total. The van der Waals surface area contributed by atoms with E-state index in [-0.39, 0.29) is 35.4 Å². The Morgan fingerprint density at radius 2 is 1.97 bits per heavy atom. The molecule has 9 heteroatoms. The van der Waals surface area contributed by atoms with Gasteiger partial charge in [0.15, 0.2) is 11.5 Å². The van der Waals surface area contributed by atoms with E-state index in [1.54, 1.807) is 4.90 Å². The fourth-order valence-corrected chi connectivity index (χ4v) is 3.57.